The van der Waals surface area contributed by atoms with Gasteiger partial charge in [-0.2, -0.15) is 0 Å². The number of nitrogens with zero attached hydrogens (tertiary/aromatic N) is 1. The summed E-state index contributed by atoms with van der Waals surface area (Å²) >= 11 is 1.03. The first-order valence-corrected chi connectivity index (χ1v) is 8.99. The molecule has 0 saturated heterocycles. The molecule has 0 amide bonds. The van der Waals surface area contributed by atoms with Gasteiger partial charge in [-0.15, -0.1) is 0 Å². The van der Waals surface area contributed by atoms with Gasteiger partial charge in [-0.1, -0.05) is 37.5 Å². The van der Waals surface area contributed by atoms with Crippen LogP contribution < -0.4 is 10.5 Å². The fourth-order valence-electron chi connectivity index (χ4n) is 2.76. The van der Waals surface area contributed by atoms with Crippen LogP contribution in [0.1, 0.15) is 44.7 Å². The third kappa shape index (κ3) is 3.27. The molecule has 1 saturated carbocycles. The lowest BCUT2D eigenvalue weighted by Gasteiger charge is -2.31. The second-order valence-electron chi connectivity index (χ2n) is 5.11. The molecule has 0 aliphatic heterocycles. The van der Waals surface area contributed by atoms with Gasteiger partial charge in [-0.25, -0.2) is 18.1 Å². The van der Waals surface area contributed by atoms with Crippen LogP contribution in [0.3, 0.4) is 0 Å². The minimum absolute atomic E-state index is 0.0477. The van der Waals surface area contributed by atoms with Crippen LogP contribution in [0.15, 0.2) is 4.21 Å². The summed E-state index contributed by atoms with van der Waals surface area (Å²) in [5.41, 5.74) is 6.06. The van der Waals surface area contributed by atoms with E-state index in [0.717, 1.165) is 37.0 Å². The average Bonchev–Trinajstić information content (AvgIpc) is 2.69. The number of sulfonamides is 1. The Labute approximate surface area is 118 Å². The van der Waals surface area contributed by atoms with Gasteiger partial charge in [-0.3, -0.25) is 0 Å². The quantitative estimate of drug-likeness (QED) is 0.893. The average molecular weight is 303 g/mol. The number of nitrogens with one attached hydrogen (secondary N) is 1. The highest BCUT2D eigenvalue weighted by molar-refractivity contribution is 7.91. The number of hydrogen-bond acceptors (Lipinski definition) is 5. The Hall–Kier alpha value is -0.660. The molecule has 1 aliphatic rings. The van der Waals surface area contributed by atoms with E-state index in [4.69, 9.17) is 5.73 Å². The summed E-state index contributed by atoms with van der Waals surface area (Å²) in [4.78, 5) is 3.99. The van der Waals surface area contributed by atoms with Crippen molar-refractivity contribution < 1.29 is 8.42 Å². The maximum Gasteiger partial charge on any atom is 0.252 e. The van der Waals surface area contributed by atoms with Crippen LogP contribution in [0.4, 0.5) is 5.13 Å². The Morgan fingerprint density at radius 1 is 1.42 bits per heavy atom. The molecule has 0 aromatic carbocycles. The molecular formula is C12H21N3O2S2. The predicted molar refractivity (Wildman–Crippen MR) is 77.6 cm³/mol. The summed E-state index contributed by atoms with van der Waals surface area (Å²) in [6.07, 6.45) is 5.33. The third-order valence-corrected chi connectivity index (χ3v) is 6.84. The van der Waals surface area contributed by atoms with Crippen molar-refractivity contribution in [3.05, 3.63) is 5.69 Å². The largest absolute Gasteiger partial charge is 0.375 e. The molecule has 7 heteroatoms. The normalized spacial score (nSPS) is 24.5. The van der Waals surface area contributed by atoms with Crippen molar-refractivity contribution in [3.63, 3.8) is 0 Å². The SMILES string of the molecule is CCC1CCCCC1NS(=O)(=O)c1sc(N)nc1C. The fourth-order valence-corrected chi connectivity index (χ4v) is 5.41. The van der Waals surface area contributed by atoms with Crippen LogP contribution in [0.5, 0.6) is 0 Å². The summed E-state index contributed by atoms with van der Waals surface area (Å²) < 4.78 is 27.9. The molecule has 1 aliphatic carbocycles. The van der Waals surface area contributed by atoms with E-state index in [0.29, 0.717) is 16.7 Å². The third-order valence-electron chi connectivity index (χ3n) is 3.75. The zero-order chi connectivity index (χ0) is 14.0. The predicted octanol–water partition coefficient (Wildman–Crippen LogP) is 2.28. The molecule has 1 heterocycles. The molecule has 2 atom stereocenters. The second-order valence-corrected chi connectivity index (χ2v) is 8.05. The number of nitrogen functional groups attached to an aromatic ring is 1. The van der Waals surface area contributed by atoms with Crippen molar-refractivity contribution >= 4 is 26.5 Å². The summed E-state index contributed by atoms with van der Waals surface area (Å²) in [5.74, 6) is 0.439. The highest BCUT2D eigenvalue weighted by Crippen LogP contribution is 2.30. The standard InChI is InChI=1S/C12H21N3O2S2/c1-3-9-6-4-5-7-10(9)15-19(16,17)11-8(2)14-12(13)18-11/h9-10,15H,3-7H2,1-2H3,(H2,13,14). The number of aromatic nitrogens is 1. The molecule has 3 N–H and O–H groups in total. The molecule has 2 rings (SSSR count). The lowest BCUT2D eigenvalue weighted by atomic mass is 9.83. The first-order chi connectivity index (χ1) is 8.94. The van der Waals surface area contributed by atoms with Gasteiger partial charge in [0.2, 0.25) is 0 Å². The van der Waals surface area contributed by atoms with E-state index in [1.807, 2.05) is 0 Å². The monoisotopic (exact) mass is 303 g/mol. The van der Waals surface area contributed by atoms with Crippen molar-refractivity contribution in [1.29, 1.82) is 0 Å². The van der Waals surface area contributed by atoms with Gasteiger partial charge in [0, 0.05) is 6.04 Å². The zero-order valence-corrected chi connectivity index (χ0v) is 13.0. The molecule has 1 aromatic heterocycles. The van der Waals surface area contributed by atoms with Gasteiger partial charge in [0.05, 0.1) is 5.69 Å². The van der Waals surface area contributed by atoms with Gasteiger partial charge in [-0.05, 0) is 25.7 Å². The topological polar surface area (TPSA) is 85.1 Å². The van der Waals surface area contributed by atoms with Crippen LogP contribution in [0.2, 0.25) is 0 Å². The van der Waals surface area contributed by atoms with Crippen molar-refractivity contribution in [3.8, 4) is 0 Å². The van der Waals surface area contributed by atoms with Crippen LogP contribution in [0, 0.1) is 12.8 Å². The molecule has 0 spiro atoms. The van der Waals surface area contributed by atoms with Gasteiger partial charge in [0.25, 0.3) is 10.0 Å². The van der Waals surface area contributed by atoms with Crippen molar-refractivity contribution in [1.82, 2.24) is 9.71 Å². The number of aryl methyl sites for hydroxylation is 1. The molecule has 0 radical (unpaired) electrons. The van der Waals surface area contributed by atoms with Crippen molar-refractivity contribution in [2.45, 2.75) is 56.2 Å². The Morgan fingerprint density at radius 3 is 2.68 bits per heavy atom. The van der Waals surface area contributed by atoms with Crippen molar-refractivity contribution in [2.75, 3.05) is 5.73 Å². The minimum Gasteiger partial charge on any atom is -0.375 e. The smallest absolute Gasteiger partial charge is 0.252 e. The molecule has 19 heavy (non-hydrogen) atoms. The Bertz CT molecular complexity index is 539. The Morgan fingerprint density at radius 2 is 2.11 bits per heavy atom. The van der Waals surface area contributed by atoms with E-state index in [-0.39, 0.29) is 10.3 Å². The van der Waals surface area contributed by atoms with Crippen LogP contribution >= 0.6 is 11.3 Å². The summed E-state index contributed by atoms with van der Waals surface area (Å²) in [7, 11) is -3.49. The molecular weight excluding hydrogens is 282 g/mol. The van der Waals surface area contributed by atoms with Gasteiger partial charge in [0.1, 0.15) is 0 Å². The van der Waals surface area contributed by atoms with Gasteiger partial charge < -0.3 is 5.73 Å². The van der Waals surface area contributed by atoms with E-state index in [9.17, 15) is 8.42 Å². The molecule has 1 fully saturated rings. The van der Waals surface area contributed by atoms with E-state index in [1.165, 1.54) is 6.42 Å². The summed E-state index contributed by atoms with van der Waals surface area (Å²) in [6.45, 7) is 3.80. The number of nitrogens with two attached hydrogens (primary N) is 1. The van der Waals surface area contributed by atoms with Crippen molar-refractivity contribution in [2.24, 2.45) is 5.92 Å². The summed E-state index contributed by atoms with van der Waals surface area (Å²) in [5, 5.41) is 0.300. The van der Waals surface area contributed by atoms with Gasteiger partial charge >= 0.3 is 0 Å². The molecule has 2 unspecified atom stereocenters. The first kappa shape index (κ1) is 14.7. The Balaban J connectivity index is 2.19. The lowest BCUT2D eigenvalue weighted by Crippen LogP contribution is -2.41. The van der Waals surface area contributed by atoms with Crippen LogP contribution in [-0.2, 0) is 10.0 Å². The number of hydrogen-bond donors (Lipinski definition) is 2. The van der Waals surface area contributed by atoms with E-state index in [2.05, 4.69) is 16.6 Å². The summed E-state index contributed by atoms with van der Waals surface area (Å²) in [6, 6.07) is 0.0477. The highest BCUT2D eigenvalue weighted by Gasteiger charge is 2.30. The lowest BCUT2D eigenvalue weighted by molar-refractivity contribution is 0.282. The maximum atomic E-state index is 12.4. The van der Waals surface area contributed by atoms with E-state index in [1.54, 1.807) is 6.92 Å². The minimum atomic E-state index is -3.49. The molecule has 108 valence electrons. The maximum absolute atomic E-state index is 12.4. The molecule has 1 aromatic rings. The fraction of sp³-hybridized carbons (Fsp3) is 0.750. The van der Waals surface area contributed by atoms with Gasteiger partial charge in [0.15, 0.2) is 9.34 Å². The second kappa shape index (κ2) is 5.76. The molecule has 0 bridgehead atoms. The molecule has 5 nitrogen and oxygen atoms in total. The first-order valence-electron chi connectivity index (χ1n) is 6.69. The number of anilines is 1. The number of thiazole rings is 1. The zero-order valence-electron chi connectivity index (χ0n) is 11.3. The Kier molecular flexibility index (Phi) is 4.47. The van der Waals surface area contributed by atoms with E-state index < -0.39 is 10.0 Å². The van der Waals surface area contributed by atoms with Crippen LogP contribution in [0.25, 0.3) is 0 Å². The van der Waals surface area contributed by atoms with Crippen LogP contribution in [-0.4, -0.2) is 19.4 Å². The highest BCUT2D eigenvalue weighted by atomic mass is 32.2. The van der Waals surface area contributed by atoms with E-state index >= 15 is 0 Å². The number of rotatable bonds is 4.